The lowest BCUT2D eigenvalue weighted by Gasteiger charge is -2.15. The molecule has 0 spiro atoms. The number of H-pyrrole nitrogens is 1. The molecule has 0 saturated heterocycles. The summed E-state index contributed by atoms with van der Waals surface area (Å²) in [6.07, 6.45) is 5.38. The van der Waals surface area contributed by atoms with E-state index >= 15 is 0 Å². The van der Waals surface area contributed by atoms with E-state index in [4.69, 9.17) is 4.98 Å². The molecule has 4 nitrogen and oxygen atoms in total. The molecule has 4 heteroatoms. The average Bonchev–Trinajstić information content (AvgIpc) is 2.83. The van der Waals surface area contributed by atoms with Crippen molar-refractivity contribution in [2.75, 3.05) is 0 Å². The van der Waals surface area contributed by atoms with Gasteiger partial charge in [0.2, 0.25) is 0 Å². The van der Waals surface area contributed by atoms with Crippen LogP contribution >= 0.6 is 0 Å². The second kappa shape index (κ2) is 3.72. The molecule has 0 bridgehead atoms. The Morgan fingerprint density at radius 1 is 1.47 bits per heavy atom. The second-order valence-electron chi connectivity index (χ2n) is 5.13. The summed E-state index contributed by atoms with van der Waals surface area (Å²) in [4.78, 5) is 8.19. The number of rotatable bonds is 1. The third-order valence-corrected chi connectivity index (χ3v) is 3.78. The van der Waals surface area contributed by atoms with Crippen LogP contribution in [0, 0.1) is 12.8 Å². The van der Waals surface area contributed by atoms with Crippen molar-refractivity contribution in [3.05, 3.63) is 23.3 Å². The van der Waals surface area contributed by atoms with Crippen LogP contribution in [0.5, 0.6) is 0 Å². The summed E-state index contributed by atoms with van der Waals surface area (Å²) in [6, 6.07) is 0. The monoisotopic (exact) mass is 230 g/mol. The molecule has 1 aliphatic carbocycles. The fraction of sp³-hybridized carbons (Fsp3) is 0.538. The molecule has 0 saturated carbocycles. The number of imidazole rings is 1. The molecule has 1 N–H and O–H groups in total. The van der Waals surface area contributed by atoms with Gasteiger partial charge in [0.15, 0.2) is 0 Å². The predicted octanol–water partition coefficient (Wildman–Crippen LogP) is 2.24. The minimum absolute atomic E-state index is 0.769. The molecular formula is C13H18N4. The van der Waals surface area contributed by atoms with E-state index in [1.54, 1.807) is 0 Å². The summed E-state index contributed by atoms with van der Waals surface area (Å²) < 4.78 is 1.89. The average molecular weight is 230 g/mol. The van der Waals surface area contributed by atoms with Crippen molar-refractivity contribution in [3.63, 3.8) is 0 Å². The number of aromatic nitrogens is 4. The lowest BCUT2D eigenvalue weighted by atomic mass is 9.92. The normalized spacial score (nSPS) is 19.4. The van der Waals surface area contributed by atoms with Crippen LogP contribution in [0.2, 0.25) is 0 Å². The van der Waals surface area contributed by atoms with Gasteiger partial charge in [0, 0.05) is 18.4 Å². The van der Waals surface area contributed by atoms with Gasteiger partial charge in [-0.05, 0) is 32.1 Å². The molecule has 0 radical (unpaired) electrons. The van der Waals surface area contributed by atoms with Gasteiger partial charge < -0.3 is 4.98 Å². The Bertz CT molecular complexity index is 550. The van der Waals surface area contributed by atoms with Crippen LogP contribution in [0.3, 0.4) is 0 Å². The van der Waals surface area contributed by atoms with Gasteiger partial charge in [0.25, 0.3) is 0 Å². The minimum Gasteiger partial charge on any atom is -0.342 e. The van der Waals surface area contributed by atoms with Crippen LogP contribution in [0.15, 0.2) is 6.20 Å². The van der Waals surface area contributed by atoms with Gasteiger partial charge >= 0.3 is 0 Å². The summed E-state index contributed by atoms with van der Waals surface area (Å²) in [5.74, 6) is 1.75. The van der Waals surface area contributed by atoms with E-state index in [1.165, 1.54) is 17.8 Å². The molecular weight excluding hydrogens is 212 g/mol. The van der Waals surface area contributed by atoms with Gasteiger partial charge in [-0.2, -0.15) is 5.10 Å². The number of hydrogen-bond donors (Lipinski definition) is 1. The first kappa shape index (κ1) is 10.6. The Kier molecular flexibility index (Phi) is 2.31. The number of nitrogens with one attached hydrogen (secondary N) is 1. The summed E-state index contributed by atoms with van der Waals surface area (Å²) in [7, 11) is 1.96. The molecule has 1 aliphatic rings. The fourth-order valence-electron chi connectivity index (χ4n) is 2.51. The van der Waals surface area contributed by atoms with Gasteiger partial charge in [0.1, 0.15) is 5.82 Å². The van der Waals surface area contributed by atoms with Gasteiger partial charge in [-0.15, -0.1) is 0 Å². The highest BCUT2D eigenvalue weighted by molar-refractivity contribution is 5.58. The van der Waals surface area contributed by atoms with Crippen LogP contribution in [0.4, 0.5) is 0 Å². The first-order valence-corrected chi connectivity index (χ1v) is 6.22. The molecule has 90 valence electrons. The number of nitrogens with zero attached hydrogens (tertiary/aromatic N) is 3. The molecule has 3 rings (SSSR count). The van der Waals surface area contributed by atoms with E-state index < -0.39 is 0 Å². The van der Waals surface area contributed by atoms with Crippen molar-refractivity contribution in [1.82, 2.24) is 19.7 Å². The highest BCUT2D eigenvalue weighted by Crippen LogP contribution is 2.27. The van der Waals surface area contributed by atoms with Crippen LogP contribution in [-0.4, -0.2) is 19.7 Å². The van der Waals surface area contributed by atoms with Crippen LogP contribution in [0.1, 0.15) is 30.4 Å². The van der Waals surface area contributed by atoms with E-state index in [9.17, 15) is 0 Å². The molecule has 0 fully saturated rings. The smallest absolute Gasteiger partial charge is 0.141 e. The standard InChI is InChI=1S/C13H18N4/c1-8-4-5-11-12(6-8)16-13(15-11)10-7-14-17(3)9(10)2/h7-8H,4-6H2,1-3H3,(H,15,16). The summed E-state index contributed by atoms with van der Waals surface area (Å²) in [5.41, 5.74) is 4.85. The highest BCUT2D eigenvalue weighted by atomic mass is 15.3. The summed E-state index contributed by atoms with van der Waals surface area (Å²) >= 11 is 0. The van der Waals surface area contributed by atoms with Crippen molar-refractivity contribution in [2.45, 2.75) is 33.1 Å². The van der Waals surface area contributed by atoms with Gasteiger partial charge in [-0.3, -0.25) is 4.68 Å². The molecule has 1 atom stereocenters. The van der Waals surface area contributed by atoms with Gasteiger partial charge in [-0.25, -0.2) is 4.98 Å². The number of aryl methyl sites for hydroxylation is 2. The maximum absolute atomic E-state index is 4.72. The Morgan fingerprint density at radius 3 is 3.00 bits per heavy atom. The first-order valence-electron chi connectivity index (χ1n) is 6.22. The lowest BCUT2D eigenvalue weighted by Crippen LogP contribution is -2.10. The molecule has 1 unspecified atom stereocenters. The molecule has 2 aromatic rings. The van der Waals surface area contributed by atoms with Gasteiger partial charge in [0.05, 0.1) is 17.5 Å². The molecule has 0 amide bonds. The maximum atomic E-state index is 4.72. The Labute approximate surface area is 101 Å². The lowest BCUT2D eigenvalue weighted by molar-refractivity contribution is 0.492. The molecule has 17 heavy (non-hydrogen) atoms. The molecule has 2 aromatic heterocycles. The highest BCUT2D eigenvalue weighted by Gasteiger charge is 2.20. The largest absolute Gasteiger partial charge is 0.342 e. The van der Waals surface area contributed by atoms with Crippen LogP contribution in [0.25, 0.3) is 11.4 Å². The fourth-order valence-corrected chi connectivity index (χ4v) is 2.51. The minimum atomic E-state index is 0.769. The zero-order valence-electron chi connectivity index (χ0n) is 10.6. The number of hydrogen-bond acceptors (Lipinski definition) is 2. The third-order valence-electron chi connectivity index (χ3n) is 3.78. The van der Waals surface area contributed by atoms with Crippen LogP contribution < -0.4 is 0 Å². The molecule has 0 aromatic carbocycles. The Balaban J connectivity index is 2.03. The first-order chi connectivity index (χ1) is 8.15. The zero-order valence-corrected chi connectivity index (χ0v) is 10.6. The van der Waals surface area contributed by atoms with Crippen molar-refractivity contribution in [1.29, 1.82) is 0 Å². The van der Waals surface area contributed by atoms with Crippen molar-refractivity contribution < 1.29 is 0 Å². The van der Waals surface area contributed by atoms with E-state index in [-0.39, 0.29) is 0 Å². The number of fused-ring (bicyclic) bond motifs is 1. The summed E-state index contributed by atoms with van der Waals surface area (Å²) in [5, 5.41) is 4.27. The molecule has 0 aliphatic heterocycles. The SMILES string of the molecule is Cc1c(-c2nc3c([nH]2)CC(C)CC3)cnn1C. The topological polar surface area (TPSA) is 46.5 Å². The summed E-state index contributed by atoms with van der Waals surface area (Å²) in [6.45, 7) is 4.38. The predicted molar refractivity (Wildman–Crippen MR) is 66.7 cm³/mol. The van der Waals surface area contributed by atoms with E-state index in [0.717, 1.165) is 35.8 Å². The van der Waals surface area contributed by atoms with E-state index in [2.05, 4.69) is 23.9 Å². The third kappa shape index (κ3) is 1.68. The maximum Gasteiger partial charge on any atom is 0.141 e. The Morgan fingerprint density at radius 2 is 2.29 bits per heavy atom. The van der Waals surface area contributed by atoms with Crippen molar-refractivity contribution in [2.24, 2.45) is 13.0 Å². The molecule has 2 heterocycles. The van der Waals surface area contributed by atoms with Crippen LogP contribution in [-0.2, 0) is 19.9 Å². The number of aromatic amines is 1. The van der Waals surface area contributed by atoms with Crippen molar-refractivity contribution >= 4 is 0 Å². The van der Waals surface area contributed by atoms with E-state index in [0.29, 0.717) is 0 Å². The Hall–Kier alpha value is -1.58. The van der Waals surface area contributed by atoms with Gasteiger partial charge in [-0.1, -0.05) is 6.92 Å². The quantitative estimate of drug-likeness (QED) is 0.816. The van der Waals surface area contributed by atoms with E-state index in [1.807, 2.05) is 17.9 Å². The second-order valence-corrected chi connectivity index (χ2v) is 5.13. The zero-order chi connectivity index (χ0) is 12.0. The van der Waals surface area contributed by atoms with Crippen molar-refractivity contribution in [3.8, 4) is 11.4 Å².